The van der Waals surface area contributed by atoms with Crippen LogP contribution in [0, 0.1) is 0 Å². The minimum atomic E-state index is -4.36. The first-order chi connectivity index (χ1) is 15.3. The molecule has 170 valence electrons. The summed E-state index contributed by atoms with van der Waals surface area (Å²) >= 11 is 2.07. The van der Waals surface area contributed by atoms with Crippen LogP contribution in [0.5, 0.6) is 0 Å². The fourth-order valence-electron chi connectivity index (χ4n) is 3.10. The molecule has 0 fully saturated rings. The number of hydrogen-bond donors (Lipinski definition) is 3. The Morgan fingerprint density at radius 1 is 1.25 bits per heavy atom. The molecule has 1 amide bonds. The summed E-state index contributed by atoms with van der Waals surface area (Å²) in [5.74, 6) is -0.361. The van der Waals surface area contributed by atoms with Crippen molar-refractivity contribution in [1.29, 1.82) is 0 Å². The first-order valence-corrected chi connectivity index (χ1v) is 11.5. The topological polar surface area (TPSA) is 70.2 Å². The highest BCUT2D eigenvalue weighted by Gasteiger charge is 2.42. The molecular weight excluding hydrogens is 459 g/mol. The highest BCUT2D eigenvalue weighted by Crippen LogP contribution is 2.38. The average Bonchev–Trinajstić information content (AvgIpc) is 3.27. The molecule has 0 saturated heterocycles. The van der Waals surface area contributed by atoms with Crippen LogP contribution in [-0.2, 0) is 6.42 Å². The van der Waals surface area contributed by atoms with Crippen LogP contribution < -0.4 is 16.0 Å². The maximum atomic E-state index is 12.8. The van der Waals surface area contributed by atoms with E-state index < -0.39 is 11.6 Å². The summed E-state index contributed by atoms with van der Waals surface area (Å²) in [6.45, 7) is 1.93. The predicted octanol–water partition coefficient (Wildman–Crippen LogP) is 5.05. The Bertz CT molecular complexity index is 1040. The Hall–Kier alpha value is -2.59. The summed E-state index contributed by atoms with van der Waals surface area (Å²) in [5, 5.41) is 6.38. The van der Waals surface area contributed by atoms with Crippen molar-refractivity contribution in [1.82, 2.24) is 10.6 Å². The van der Waals surface area contributed by atoms with E-state index in [0.29, 0.717) is 39.9 Å². The van der Waals surface area contributed by atoms with Gasteiger partial charge >= 0.3 is 6.18 Å². The van der Waals surface area contributed by atoms with Gasteiger partial charge in [-0.05, 0) is 30.2 Å². The number of carbonyl (C=O) groups is 2. The average molecular weight is 482 g/mol. The van der Waals surface area contributed by atoms with Crippen LogP contribution >= 0.6 is 23.5 Å². The van der Waals surface area contributed by atoms with Gasteiger partial charge in [-0.2, -0.15) is 13.2 Å². The zero-order valence-corrected chi connectivity index (χ0v) is 19.0. The number of thioether (sulfide) groups is 1. The van der Waals surface area contributed by atoms with Crippen LogP contribution in [0.4, 0.5) is 18.9 Å². The third-order valence-electron chi connectivity index (χ3n) is 4.75. The van der Waals surface area contributed by atoms with Crippen molar-refractivity contribution in [2.24, 2.45) is 0 Å². The van der Waals surface area contributed by atoms with E-state index in [1.807, 2.05) is 25.1 Å². The number of hydrogen-bond acceptors (Lipinski definition) is 6. The first kappa shape index (κ1) is 24.1. The lowest BCUT2D eigenvalue weighted by molar-refractivity contribution is -0.131. The Balaban J connectivity index is 1.77. The largest absolute Gasteiger partial charge is 0.418 e. The van der Waals surface area contributed by atoms with Crippen LogP contribution in [0.3, 0.4) is 0 Å². The van der Waals surface area contributed by atoms with Gasteiger partial charge in [-0.3, -0.25) is 9.59 Å². The Morgan fingerprint density at radius 3 is 2.62 bits per heavy atom. The van der Waals surface area contributed by atoms with Crippen LogP contribution in [0.25, 0.3) is 0 Å². The highest BCUT2D eigenvalue weighted by atomic mass is 32.2. The third kappa shape index (κ3) is 5.60. The summed E-state index contributed by atoms with van der Waals surface area (Å²) in [4.78, 5) is 26.2. The minimum Gasteiger partial charge on any atom is -0.387 e. The molecule has 1 heterocycles. The van der Waals surface area contributed by atoms with Gasteiger partial charge in [-0.15, -0.1) is 0 Å². The van der Waals surface area contributed by atoms with Crippen LogP contribution in [0.15, 0.2) is 57.3 Å². The molecule has 0 spiro atoms. The van der Waals surface area contributed by atoms with Gasteiger partial charge in [-0.1, -0.05) is 48.6 Å². The molecular formula is C22H22F3N3O2S2. The molecule has 0 radical (unpaired) electrons. The highest BCUT2D eigenvalue weighted by molar-refractivity contribution is 8.04. The number of nitrogens with one attached hydrogen (secondary N) is 3. The lowest BCUT2D eigenvalue weighted by Gasteiger charge is -2.16. The van der Waals surface area contributed by atoms with Crippen molar-refractivity contribution in [3.05, 3.63) is 64.2 Å². The molecule has 3 N–H and O–H groups in total. The summed E-state index contributed by atoms with van der Waals surface area (Å²) in [5.41, 5.74) is 2.54. The molecule has 2 aromatic carbocycles. The van der Waals surface area contributed by atoms with E-state index in [9.17, 15) is 22.8 Å². The molecule has 5 nitrogen and oxygen atoms in total. The fourth-order valence-corrected chi connectivity index (χ4v) is 5.05. The lowest BCUT2D eigenvalue weighted by Crippen LogP contribution is -2.33. The summed E-state index contributed by atoms with van der Waals surface area (Å²) in [6, 6.07) is 10.9. The molecule has 3 rings (SSSR count). The molecule has 10 heteroatoms. The molecule has 0 bridgehead atoms. The van der Waals surface area contributed by atoms with E-state index in [4.69, 9.17) is 0 Å². The van der Waals surface area contributed by atoms with Crippen LogP contribution in [0.1, 0.15) is 33.2 Å². The van der Waals surface area contributed by atoms with E-state index in [1.165, 1.54) is 18.0 Å². The molecule has 0 aliphatic carbocycles. The van der Waals surface area contributed by atoms with Crippen LogP contribution in [-0.4, -0.2) is 37.3 Å². The zero-order valence-electron chi connectivity index (χ0n) is 17.4. The first-order valence-electron chi connectivity index (χ1n) is 9.80. The molecule has 32 heavy (non-hydrogen) atoms. The number of benzene rings is 2. The summed E-state index contributed by atoms with van der Waals surface area (Å²) in [7, 11) is 1.74. The molecule has 1 atom stereocenters. The SMILES string of the molecule is CCc1cc(Sc2ccccc2C=O)c(NC)cc1C(=O)NCC1=CNC(C(F)(F)F)S1. The van der Waals surface area contributed by atoms with Crippen LogP contribution in [0.2, 0.25) is 0 Å². The third-order valence-corrected chi connectivity index (χ3v) is 7.10. The van der Waals surface area contributed by atoms with Crippen molar-refractivity contribution in [3.63, 3.8) is 0 Å². The molecule has 0 saturated carbocycles. The number of amides is 1. The number of carbonyl (C=O) groups excluding carboxylic acids is 2. The molecule has 1 aliphatic rings. The quantitative estimate of drug-likeness (QED) is 0.459. The van der Waals surface area contributed by atoms with Gasteiger partial charge in [0.25, 0.3) is 5.91 Å². The van der Waals surface area contributed by atoms with Gasteiger partial charge < -0.3 is 16.0 Å². The minimum absolute atomic E-state index is 0.00430. The van der Waals surface area contributed by atoms with Gasteiger partial charge in [0.05, 0.1) is 6.54 Å². The second-order valence-corrected chi connectivity index (χ2v) is 9.18. The Labute approximate surface area is 192 Å². The van der Waals surface area contributed by atoms with Gasteiger partial charge in [-0.25, -0.2) is 0 Å². The smallest absolute Gasteiger partial charge is 0.387 e. The Morgan fingerprint density at radius 2 is 2.00 bits per heavy atom. The predicted molar refractivity (Wildman–Crippen MR) is 122 cm³/mol. The zero-order chi connectivity index (χ0) is 23.3. The summed E-state index contributed by atoms with van der Waals surface area (Å²) < 4.78 is 38.4. The van der Waals surface area contributed by atoms with Gasteiger partial charge in [0, 0.05) is 44.8 Å². The second-order valence-electron chi connectivity index (χ2n) is 6.87. The van der Waals surface area contributed by atoms with Crippen molar-refractivity contribution in [2.45, 2.75) is 34.7 Å². The second kappa shape index (κ2) is 10.4. The number of aryl methyl sites for hydroxylation is 1. The van der Waals surface area contributed by atoms with E-state index in [2.05, 4.69) is 16.0 Å². The van der Waals surface area contributed by atoms with Crippen molar-refractivity contribution in [2.75, 3.05) is 18.9 Å². The normalized spacial score (nSPS) is 15.7. The maximum absolute atomic E-state index is 12.8. The van der Waals surface area contributed by atoms with Gasteiger partial charge in [0.1, 0.15) is 0 Å². The molecule has 1 aliphatic heterocycles. The van der Waals surface area contributed by atoms with E-state index in [0.717, 1.165) is 21.6 Å². The van der Waals surface area contributed by atoms with Gasteiger partial charge in [0.15, 0.2) is 11.7 Å². The van der Waals surface area contributed by atoms with Crippen molar-refractivity contribution in [3.8, 4) is 0 Å². The number of rotatable bonds is 8. The number of alkyl halides is 3. The van der Waals surface area contributed by atoms with Gasteiger partial charge in [0.2, 0.25) is 0 Å². The van der Waals surface area contributed by atoms with E-state index >= 15 is 0 Å². The molecule has 0 aromatic heterocycles. The van der Waals surface area contributed by atoms with Crippen molar-refractivity contribution >= 4 is 41.4 Å². The standard InChI is InChI=1S/C22H22F3N3O2S2/c1-3-13-8-19(32-18-7-5-4-6-14(18)12-29)17(26-2)9-16(13)20(30)27-10-15-11-28-21(31-15)22(23,24)25/h4-9,11-12,21,26,28H,3,10H2,1-2H3,(H,27,30). The van der Waals surface area contributed by atoms with E-state index in [-0.39, 0.29) is 12.5 Å². The number of anilines is 1. The lowest BCUT2D eigenvalue weighted by atomic mass is 10.0. The van der Waals surface area contributed by atoms with E-state index in [1.54, 1.807) is 25.2 Å². The molecule has 2 aromatic rings. The number of halogens is 3. The maximum Gasteiger partial charge on any atom is 0.418 e. The fraction of sp³-hybridized carbons (Fsp3) is 0.273. The van der Waals surface area contributed by atoms with Crippen molar-refractivity contribution < 1.29 is 22.8 Å². The number of aldehydes is 1. The Kier molecular flexibility index (Phi) is 7.78. The monoisotopic (exact) mass is 481 g/mol. The molecule has 1 unspecified atom stereocenters. The summed E-state index contributed by atoms with van der Waals surface area (Å²) in [6.07, 6.45) is -1.68.